The zero-order valence-electron chi connectivity index (χ0n) is 18.8. The molecule has 0 bridgehead atoms. The summed E-state index contributed by atoms with van der Waals surface area (Å²) < 4.78 is 0. The summed E-state index contributed by atoms with van der Waals surface area (Å²) in [5, 5.41) is 12.6. The van der Waals surface area contributed by atoms with Gasteiger partial charge in [0.05, 0.1) is 23.2 Å². The standard InChI is InChI=1S/C27H23ClN4O2/c1-17-23(26(33)31(29-17)21-12-5-3-6-13-21)25(19-10-9-11-20(28)16-19)24-18(2)30-32(27(24)34)22-14-7-4-8-15-22/h3-16,23-25H,1-2H3. The number of benzene rings is 3. The van der Waals surface area contributed by atoms with Gasteiger partial charge < -0.3 is 0 Å². The van der Waals surface area contributed by atoms with Crippen LogP contribution in [0.3, 0.4) is 0 Å². The first-order chi connectivity index (χ1) is 16.5. The quantitative estimate of drug-likeness (QED) is 0.494. The average Bonchev–Trinajstić information content (AvgIpc) is 3.31. The monoisotopic (exact) mass is 470 g/mol. The predicted octanol–water partition coefficient (Wildman–Crippen LogP) is 5.50. The molecule has 0 N–H and O–H groups in total. The number of hydrogen-bond acceptors (Lipinski definition) is 4. The van der Waals surface area contributed by atoms with E-state index in [1.54, 1.807) is 6.07 Å². The molecule has 34 heavy (non-hydrogen) atoms. The fourth-order valence-corrected chi connectivity index (χ4v) is 4.98. The van der Waals surface area contributed by atoms with Crippen molar-refractivity contribution in [2.75, 3.05) is 10.0 Å². The lowest BCUT2D eigenvalue weighted by atomic mass is 9.73. The molecule has 2 amide bonds. The summed E-state index contributed by atoms with van der Waals surface area (Å²) in [5.41, 5.74) is 3.48. The highest BCUT2D eigenvalue weighted by molar-refractivity contribution is 6.30. The summed E-state index contributed by atoms with van der Waals surface area (Å²) in [6.45, 7) is 3.67. The molecular formula is C27H23ClN4O2. The minimum atomic E-state index is -0.631. The molecular weight excluding hydrogens is 448 g/mol. The molecule has 5 rings (SSSR count). The smallest absolute Gasteiger partial charge is 0.256 e. The highest BCUT2D eigenvalue weighted by atomic mass is 35.5. The molecule has 2 aliphatic heterocycles. The third-order valence-electron chi connectivity index (χ3n) is 6.32. The Morgan fingerprint density at radius 1 is 0.706 bits per heavy atom. The summed E-state index contributed by atoms with van der Waals surface area (Å²) in [5.74, 6) is -2.12. The molecule has 2 aliphatic rings. The number of para-hydroxylation sites is 2. The van der Waals surface area contributed by atoms with Crippen LogP contribution in [0.5, 0.6) is 0 Å². The van der Waals surface area contributed by atoms with Crippen LogP contribution in [0.1, 0.15) is 25.3 Å². The summed E-state index contributed by atoms with van der Waals surface area (Å²) in [6, 6.07) is 26.0. The van der Waals surface area contributed by atoms with Gasteiger partial charge in [-0.1, -0.05) is 60.1 Å². The van der Waals surface area contributed by atoms with Crippen molar-refractivity contribution in [3.8, 4) is 0 Å². The van der Waals surface area contributed by atoms with E-state index in [-0.39, 0.29) is 11.8 Å². The number of carbonyl (C=O) groups is 2. The first-order valence-electron chi connectivity index (χ1n) is 11.1. The maximum Gasteiger partial charge on any atom is 0.256 e. The van der Waals surface area contributed by atoms with E-state index in [9.17, 15) is 9.59 Å². The molecule has 0 aliphatic carbocycles. The number of hydrogen-bond donors (Lipinski definition) is 0. The molecule has 6 nitrogen and oxygen atoms in total. The van der Waals surface area contributed by atoms with Crippen LogP contribution in [0.15, 0.2) is 95.1 Å². The van der Waals surface area contributed by atoms with Gasteiger partial charge in [0.1, 0.15) is 0 Å². The zero-order valence-corrected chi connectivity index (χ0v) is 19.6. The van der Waals surface area contributed by atoms with Gasteiger partial charge >= 0.3 is 0 Å². The fraction of sp³-hybridized carbons (Fsp3) is 0.185. The van der Waals surface area contributed by atoms with E-state index >= 15 is 0 Å². The number of anilines is 2. The summed E-state index contributed by atoms with van der Waals surface area (Å²) in [4.78, 5) is 27.5. The van der Waals surface area contributed by atoms with Crippen molar-refractivity contribution >= 4 is 46.2 Å². The Kier molecular flexibility index (Phi) is 5.75. The molecule has 3 aromatic carbocycles. The van der Waals surface area contributed by atoms with Crippen molar-refractivity contribution in [2.45, 2.75) is 19.8 Å². The molecule has 2 atom stereocenters. The van der Waals surface area contributed by atoms with Gasteiger partial charge in [-0.05, 0) is 55.8 Å². The number of carbonyl (C=O) groups excluding carboxylic acids is 2. The second kappa shape index (κ2) is 8.88. The summed E-state index contributed by atoms with van der Waals surface area (Å²) in [7, 11) is 0. The zero-order chi connectivity index (χ0) is 23.8. The van der Waals surface area contributed by atoms with E-state index in [0.717, 1.165) is 5.56 Å². The Balaban J connectivity index is 1.58. The molecule has 3 aromatic rings. The van der Waals surface area contributed by atoms with Crippen LogP contribution in [0.2, 0.25) is 5.02 Å². The molecule has 2 heterocycles. The first-order valence-corrected chi connectivity index (χ1v) is 11.5. The third kappa shape index (κ3) is 3.80. The number of nitrogens with zero attached hydrogens (tertiary/aromatic N) is 4. The van der Waals surface area contributed by atoms with Gasteiger partial charge in [0.15, 0.2) is 0 Å². The summed E-state index contributed by atoms with van der Waals surface area (Å²) in [6.07, 6.45) is 0. The number of hydrazone groups is 2. The second-order valence-corrected chi connectivity index (χ2v) is 8.93. The van der Waals surface area contributed by atoms with Crippen molar-refractivity contribution in [3.63, 3.8) is 0 Å². The predicted molar refractivity (Wildman–Crippen MR) is 135 cm³/mol. The molecule has 0 aromatic heterocycles. The normalized spacial score (nSPS) is 21.0. The minimum absolute atomic E-state index is 0.174. The molecule has 2 unspecified atom stereocenters. The SMILES string of the molecule is CC1=NN(c2ccccc2)C(=O)C1C(c1cccc(Cl)c1)C1C(=O)N(c2ccccc2)N=C1C. The van der Waals surface area contributed by atoms with E-state index in [1.807, 2.05) is 92.7 Å². The Hall–Kier alpha value is -3.77. The maximum atomic E-state index is 13.8. The van der Waals surface area contributed by atoms with Gasteiger partial charge in [0.25, 0.3) is 11.8 Å². The van der Waals surface area contributed by atoms with Crippen LogP contribution in [0, 0.1) is 11.8 Å². The van der Waals surface area contributed by atoms with Crippen molar-refractivity contribution in [3.05, 3.63) is 95.5 Å². The second-order valence-electron chi connectivity index (χ2n) is 8.49. The summed E-state index contributed by atoms with van der Waals surface area (Å²) >= 11 is 6.35. The van der Waals surface area contributed by atoms with Crippen LogP contribution >= 0.6 is 11.6 Å². The lowest BCUT2D eigenvalue weighted by Gasteiger charge is -2.28. The molecule has 0 radical (unpaired) electrons. The van der Waals surface area contributed by atoms with Gasteiger partial charge in [-0.2, -0.15) is 10.2 Å². The minimum Gasteiger partial charge on any atom is -0.272 e. The van der Waals surface area contributed by atoms with Gasteiger partial charge in [0.2, 0.25) is 0 Å². The van der Waals surface area contributed by atoms with Gasteiger partial charge in [-0.15, -0.1) is 0 Å². The van der Waals surface area contributed by atoms with Gasteiger partial charge in [0, 0.05) is 22.4 Å². The van der Waals surface area contributed by atoms with E-state index in [1.165, 1.54) is 10.0 Å². The van der Waals surface area contributed by atoms with Crippen molar-refractivity contribution < 1.29 is 9.59 Å². The number of halogens is 1. The first kappa shape index (κ1) is 22.0. The molecule has 170 valence electrons. The van der Waals surface area contributed by atoms with Gasteiger partial charge in [-0.25, -0.2) is 10.0 Å². The van der Waals surface area contributed by atoms with Gasteiger partial charge in [-0.3, -0.25) is 9.59 Å². The Labute approximate surface area is 203 Å². The van der Waals surface area contributed by atoms with Crippen LogP contribution in [0.4, 0.5) is 11.4 Å². The largest absolute Gasteiger partial charge is 0.272 e. The van der Waals surface area contributed by atoms with Crippen LogP contribution in [0.25, 0.3) is 0 Å². The van der Waals surface area contributed by atoms with Crippen LogP contribution < -0.4 is 10.0 Å². The van der Waals surface area contributed by atoms with Crippen molar-refractivity contribution in [2.24, 2.45) is 22.0 Å². The fourth-order valence-electron chi connectivity index (χ4n) is 4.79. The van der Waals surface area contributed by atoms with Crippen LogP contribution in [-0.2, 0) is 9.59 Å². The lowest BCUT2D eigenvalue weighted by molar-refractivity contribution is -0.122. The van der Waals surface area contributed by atoms with E-state index < -0.39 is 17.8 Å². The van der Waals surface area contributed by atoms with Crippen molar-refractivity contribution in [1.82, 2.24) is 0 Å². The lowest BCUT2D eigenvalue weighted by Crippen LogP contribution is -2.40. The highest BCUT2D eigenvalue weighted by Gasteiger charge is 2.50. The Morgan fingerprint density at radius 3 is 1.62 bits per heavy atom. The van der Waals surface area contributed by atoms with E-state index in [2.05, 4.69) is 10.2 Å². The number of amides is 2. The highest BCUT2D eigenvalue weighted by Crippen LogP contribution is 2.43. The molecule has 0 saturated heterocycles. The molecule has 0 spiro atoms. The van der Waals surface area contributed by atoms with E-state index in [4.69, 9.17) is 11.6 Å². The molecule has 0 fully saturated rings. The molecule has 7 heteroatoms. The maximum absolute atomic E-state index is 13.8. The third-order valence-corrected chi connectivity index (χ3v) is 6.55. The van der Waals surface area contributed by atoms with Crippen molar-refractivity contribution in [1.29, 1.82) is 0 Å². The Bertz CT molecular complexity index is 1230. The topological polar surface area (TPSA) is 65.3 Å². The Morgan fingerprint density at radius 2 is 1.18 bits per heavy atom. The van der Waals surface area contributed by atoms with Crippen LogP contribution in [-0.4, -0.2) is 23.2 Å². The van der Waals surface area contributed by atoms with E-state index in [0.29, 0.717) is 27.8 Å². The number of rotatable bonds is 5. The molecule has 0 saturated carbocycles. The average molecular weight is 471 g/mol.